The van der Waals surface area contributed by atoms with Gasteiger partial charge < -0.3 is 5.11 Å². The van der Waals surface area contributed by atoms with Crippen molar-refractivity contribution >= 4 is 10.0 Å². The minimum atomic E-state index is -3.73. The SMILES string of the molecule is CC(C)(C)NS(=O)(=O)c1ccccc1C1(O)CCN(Cc2ccccc2)C1. The quantitative estimate of drug-likeness (QED) is 0.826. The van der Waals surface area contributed by atoms with Gasteiger partial charge in [0, 0.05) is 30.7 Å². The van der Waals surface area contributed by atoms with E-state index in [-0.39, 0.29) is 4.90 Å². The molecule has 1 saturated heterocycles. The summed E-state index contributed by atoms with van der Waals surface area (Å²) in [6, 6.07) is 16.9. The molecule has 1 atom stereocenters. The third-order valence-corrected chi connectivity index (χ3v) is 6.51. The lowest BCUT2D eigenvalue weighted by Crippen LogP contribution is -2.42. The van der Waals surface area contributed by atoms with Gasteiger partial charge in [0.15, 0.2) is 0 Å². The molecule has 5 nitrogen and oxygen atoms in total. The summed E-state index contributed by atoms with van der Waals surface area (Å²) in [6.07, 6.45) is 0.502. The van der Waals surface area contributed by atoms with Gasteiger partial charge in [0.1, 0.15) is 5.60 Å². The molecule has 2 N–H and O–H groups in total. The molecule has 1 aliphatic rings. The molecule has 6 heteroatoms. The van der Waals surface area contributed by atoms with Crippen molar-refractivity contribution in [1.29, 1.82) is 0 Å². The van der Waals surface area contributed by atoms with Gasteiger partial charge >= 0.3 is 0 Å². The molecule has 0 spiro atoms. The van der Waals surface area contributed by atoms with Crippen LogP contribution in [0.15, 0.2) is 59.5 Å². The fraction of sp³-hybridized carbons (Fsp3) is 0.429. The Morgan fingerprint density at radius 3 is 2.37 bits per heavy atom. The Bertz CT molecular complexity index is 891. The van der Waals surface area contributed by atoms with Crippen LogP contribution in [0.1, 0.15) is 38.3 Å². The molecule has 2 aromatic rings. The number of rotatable bonds is 5. The van der Waals surface area contributed by atoms with Gasteiger partial charge in [-0.05, 0) is 38.8 Å². The molecule has 1 aliphatic heterocycles. The predicted octanol–water partition coefficient (Wildman–Crippen LogP) is 2.86. The molecule has 0 radical (unpaired) electrons. The lowest BCUT2D eigenvalue weighted by Gasteiger charge is -2.28. The van der Waals surface area contributed by atoms with Crippen LogP contribution in [-0.2, 0) is 22.2 Å². The summed E-state index contributed by atoms with van der Waals surface area (Å²) in [4.78, 5) is 2.32. The van der Waals surface area contributed by atoms with Crippen molar-refractivity contribution in [3.05, 3.63) is 65.7 Å². The van der Waals surface area contributed by atoms with E-state index >= 15 is 0 Å². The van der Waals surface area contributed by atoms with Crippen molar-refractivity contribution in [2.45, 2.75) is 49.8 Å². The highest BCUT2D eigenvalue weighted by molar-refractivity contribution is 7.89. The summed E-state index contributed by atoms with van der Waals surface area (Å²) in [5.41, 5.74) is -0.129. The van der Waals surface area contributed by atoms with Crippen LogP contribution in [0, 0.1) is 0 Å². The zero-order chi connectivity index (χ0) is 19.7. The van der Waals surface area contributed by atoms with Crippen molar-refractivity contribution in [2.24, 2.45) is 0 Å². The van der Waals surface area contributed by atoms with Gasteiger partial charge in [-0.25, -0.2) is 13.1 Å². The summed E-state index contributed by atoms with van der Waals surface area (Å²) < 4.78 is 28.5. The molecule has 27 heavy (non-hydrogen) atoms. The number of hydrogen-bond donors (Lipinski definition) is 2. The topological polar surface area (TPSA) is 69.6 Å². The van der Waals surface area contributed by atoms with Gasteiger partial charge in [-0.2, -0.15) is 0 Å². The zero-order valence-corrected chi connectivity index (χ0v) is 17.0. The van der Waals surface area contributed by atoms with Crippen LogP contribution in [0.2, 0.25) is 0 Å². The molecule has 0 saturated carbocycles. The number of β-amino-alcohol motifs (C(OH)–C–C–N with tert-alkyl or cyclic N) is 1. The number of sulfonamides is 1. The Kier molecular flexibility index (Phi) is 5.45. The molecule has 1 fully saturated rings. The largest absolute Gasteiger partial charge is 0.384 e. The highest BCUT2D eigenvalue weighted by Crippen LogP contribution is 2.36. The third kappa shape index (κ3) is 4.76. The Balaban J connectivity index is 1.86. The number of nitrogens with one attached hydrogen (secondary N) is 1. The standard InChI is InChI=1S/C21H28N2O3S/c1-20(2,3)22-27(25,26)19-12-8-7-11-18(19)21(24)13-14-23(16-21)15-17-9-5-4-6-10-17/h4-12,22,24H,13-16H2,1-3H3. The fourth-order valence-corrected chi connectivity index (χ4v) is 5.33. The van der Waals surface area contributed by atoms with Crippen LogP contribution in [0.4, 0.5) is 0 Å². The minimum absolute atomic E-state index is 0.156. The van der Waals surface area contributed by atoms with Crippen molar-refractivity contribution in [2.75, 3.05) is 13.1 Å². The number of likely N-dealkylation sites (tertiary alicyclic amines) is 1. The van der Waals surface area contributed by atoms with E-state index in [1.165, 1.54) is 5.56 Å². The zero-order valence-electron chi connectivity index (χ0n) is 16.1. The van der Waals surface area contributed by atoms with E-state index in [0.29, 0.717) is 25.1 Å². The van der Waals surface area contributed by atoms with Crippen LogP contribution in [0.3, 0.4) is 0 Å². The Labute approximate surface area is 162 Å². The molecule has 0 aliphatic carbocycles. The summed E-state index contributed by atoms with van der Waals surface area (Å²) in [7, 11) is -3.73. The molecule has 0 aromatic heterocycles. The van der Waals surface area contributed by atoms with Gasteiger partial charge in [-0.15, -0.1) is 0 Å². The first-order chi connectivity index (χ1) is 12.6. The summed E-state index contributed by atoms with van der Waals surface area (Å²) in [5.74, 6) is 0. The Morgan fingerprint density at radius 1 is 1.07 bits per heavy atom. The number of hydrogen-bond acceptors (Lipinski definition) is 4. The summed E-state index contributed by atoms with van der Waals surface area (Å²) in [5, 5.41) is 11.3. The third-order valence-electron chi connectivity index (χ3n) is 4.69. The molecule has 2 aromatic carbocycles. The van der Waals surface area contributed by atoms with Crippen molar-refractivity contribution in [3.63, 3.8) is 0 Å². The van der Waals surface area contributed by atoms with Crippen molar-refractivity contribution in [1.82, 2.24) is 9.62 Å². The lowest BCUT2D eigenvalue weighted by molar-refractivity contribution is 0.0424. The van der Waals surface area contributed by atoms with Gasteiger partial charge in [0.05, 0.1) is 4.90 Å². The van der Waals surface area contributed by atoms with Crippen LogP contribution in [-0.4, -0.2) is 37.1 Å². The summed E-state index contributed by atoms with van der Waals surface area (Å²) in [6.45, 7) is 7.27. The number of aliphatic hydroxyl groups is 1. The second-order valence-electron chi connectivity index (χ2n) is 8.33. The van der Waals surface area contributed by atoms with E-state index < -0.39 is 21.2 Å². The molecule has 1 heterocycles. The molecular formula is C21H28N2O3S. The van der Waals surface area contributed by atoms with Crippen molar-refractivity contribution in [3.8, 4) is 0 Å². The second-order valence-corrected chi connectivity index (χ2v) is 9.98. The normalized spacial score (nSPS) is 21.5. The van der Waals surface area contributed by atoms with E-state index in [0.717, 1.165) is 6.54 Å². The fourth-order valence-electron chi connectivity index (χ4n) is 3.61. The van der Waals surface area contributed by atoms with E-state index in [4.69, 9.17) is 0 Å². The van der Waals surface area contributed by atoms with Crippen LogP contribution in [0.25, 0.3) is 0 Å². The van der Waals surface area contributed by atoms with E-state index in [1.807, 2.05) is 18.2 Å². The lowest BCUT2D eigenvalue weighted by atomic mass is 9.93. The molecule has 0 amide bonds. The predicted molar refractivity (Wildman–Crippen MR) is 107 cm³/mol. The maximum absolute atomic E-state index is 12.9. The molecule has 146 valence electrons. The maximum atomic E-state index is 12.9. The van der Waals surface area contributed by atoms with Crippen molar-refractivity contribution < 1.29 is 13.5 Å². The average Bonchev–Trinajstić information content (AvgIpc) is 2.96. The first-order valence-electron chi connectivity index (χ1n) is 9.21. The van der Waals surface area contributed by atoms with E-state index in [2.05, 4.69) is 21.8 Å². The van der Waals surface area contributed by atoms with Crippen LogP contribution < -0.4 is 4.72 Å². The molecule has 1 unspecified atom stereocenters. The average molecular weight is 389 g/mol. The van der Waals surface area contributed by atoms with E-state index in [1.54, 1.807) is 45.0 Å². The molecular weight excluding hydrogens is 360 g/mol. The Morgan fingerprint density at radius 2 is 1.70 bits per heavy atom. The van der Waals surface area contributed by atoms with Gasteiger partial charge in [-0.1, -0.05) is 48.5 Å². The van der Waals surface area contributed by atoms with Gasteiger partial charge in [0.2, 0.25) is 10.0 Å². The first-order valence-corrected chi connectivity index (χ1v) is 10.7. The molecule has 3 rings (SSSR count). The number of nitrogens with zero attached hydrogens (tertiary/aromatic N) is 1. The monoisotopic (exact) mass is 388 g/mol. The van der Waals surface area contributed by atoms with E-state index in [9.17, 15) is 13.5 Å². The molecule has 0 bridgehead atoms. The van der Waals surface area contributed by atoms with Gasteiger partial charge in [0.25, 0.3) is 0 Å². The summed E-state index contributed by atoms with van der Waals surface area (Å²) >= 11 is 0. The Hall–Kier alpha value is -1.73. The first kappa shape index (κ1) is 20.0. The smallest absolute Gasteiger partial charge is 0.241 e. The maximum Gasteiger partial charge on any atom is 0.241 e. The number of benzene rings is 2. The highest BCUT2D eigenvalue weighted by Gasteiger charge is 2.41. The van der Waals surface area contributed by atoms with Gasteiger partial charge in [-0.3, -0.25) is 4.90 Å². The minimum Gasteiger partial charge on any atom is -0.384 e. The van der Waals surface area contributed by atoms with Crippen LogP contribution >= 0.6 is 0 Å². The second kappa shape index (κ2) is 7.36. The van der Waals surface area contributed by atoms with Crippen LogP contribution in [0.5, 0.6) is 0 Å². The highest BCUT2D eigenvalue weighted by atomic mass is 32.2.